The molecule has 1 saturated carbocycles. The zero-order chi connectivity index (χ0) is 11.5. The highest BCUT2D eigenvalue weighted by Gasteiger charge is 2.26. The van der Waals surface area contributed by atoms with Gasteiger partial charge in [-0.3, -0.25) is 0 Å². The van der Waals surface area contributed by atoms with E-state index in [-0.39, 0.29) is 18.2 Å². The molecule has 1 aromatic rings. The standard InChI is InChI=1S/C13H18ClNO/c1-9(10-4-2-5-11(14)8-10)15-12-6-3-7-13(12)16/h2,4-5,8-9,12-13,15-16H,3,6-7H2,1H3/t9-,12?,13?/m0/s1. The highest BCUT2D eigenvalue weighted by molar-refractivity contribution is 6.30. The van der Waals surface area contributed by atoms with Crippen LogP contribution in [-0.2, 0) is 0 Å². The molecule has 2 nitrogen and oxygen atoms in total. The van der Waals surface area contributed by atoms with Crippen LogP contribution in [0.2, 0.25) is 5.02 Å². The number of benzene rings is 1. The fourth-order valence-corrected chi connectivity index (χ4v) is 2.53. The SMILES string of the molecule is C[C@H](NC1CCCC1O)c1cccc(Cl)c1. The third-order valence-corrected chi connectivity index (χ3v) is 3.53. The van der Waals surface area contributed by atoms with E-state index in [2.05, 4.69) is 18.3 Å². The van der Waals surface area contributed by atoms with Crippen LogP contribution >= 0.6 is 11.6 Å². The Morgan fingerprint density at radius 1 is 1.44 bits per heavy atom. The number of rotatable bonds is 3. The van der Waals surface area contributed by atoms with Crippen molar-refractivity contribution in [2.24, 2.45) is 0 Å². The van der Waals surface area contributed by atoms with Gasteiger partial charge in [0.2, 0.25) is 0 Å². The van der Waals surface area contributed by atoms with Gasteiger partial charge in [0.15, 0.2) is 0 Å². The lowest BCUT2D eigenvalue weighted by Crippen LogP contribution is -2.37. The van der Waals surface area contributed by atoms with Crippen LogP contribution in [0.15, 0.2) is 24.3 Å². The van der Waals surface area contributed by atoms with Crippen molar-refractivity contribution in [1.82, 2.24) is 5.32 Å². The second-order valence-corrected chi connectivity index (χ2v) is 4.98. The summed E-state index contributed by atoms with van der Waals surface area (Å²) in [6.07, 6.45) is 2.90. The van der Waals surface area contributed by atoms with Crippen molar-refractivity contribution in [3.63, 3.8) is 0 Å². The normalized spacial score (nSPS) is 26.9. The van der Waals surface area contributed by atoms with Gasteiger partial charge in [-0.05, 0) is 43.9 Å². The van der Waals surface area contributed by atoms with E-state index in [4.69, 9.17) is 11.6 Å². The van der Waals surface area contributed by atoms with Gasteiger partial charge < -0.3 is 10.4 Å². The van der Waals surface area contributed by atoms with Gasteiger partial charge in [0.25, 0.3) is 0 Å². The summed E-state index contributed by atoms with van der Waals surface area (Å²) in [7, 11) is 0. The average molecular weight is 240 g/mol. The molecule has 2 N–H and O–H groups in total. The van der Waals surface area contributed by atoms with Crippen molar-refractivity contribution in [2.45, 2.75) is 44.4 Å². The molecule has 16 heavy (non-hydrogen) atoms. The molecule has 0 radical (unpaired) electrons. The summed E-state index contributed by atoms with van der Waals surface area (Å²) in [5.41, 5.74) is 1.17. The monoisotopic (exact) mass is 239 g/mol. The van der Waals surface area contributed by atoms with Gasteiger partial charge in [0.1, 0.15) is 0 Å². The molecule has 88 valence electrons. The zero-order valence-corrected chi connectivity index (χ0v) is 10.2. The smallest absolute Gasteiger partial charge is 0.0693 e. The minimum absolute atomic E-state index is 0.193. The van der Waals surface area contributed by atoms with Crippen LogP contribution in [-0.4, -0.2) is 17.3 Å². The van der Waals surface area contributed by atoms with Crippen LogP contribution in [0.4, 0.5) is 0 Å². The number of hydrogen-bond donors (Lipinski definition) is 2. The second-order valence-electron chi connectivity index (χ2n) is 4.55. The van der Waals surface area contributed by atoms with Crippen molar-refractivity contribution in [2.75, 3.05) is 0 Å². The third-order valence-electron chi connectivity index (χ3n) is 3.29. The van der Waals surface area contributed by atoms with Crippen LogP contribution in [0.5, 0.6) is 0 Å². The molecule has 3 heteroatoms. The molecule has 0 aliphatic heterocycles. The first kappa shape index (κ1) is 11.9. The molecule has 0 heterocycles. The second kappa shape index (κ2) is 5.17. The highest BCUT2D eigenvalue weighted by Crippen LogP contribution is 2.23. The molecule has 0 spiro atoms. The largest absolute Gasteiger partial charge is 0.392 e. The number of aliphatic hydroxyl groups excluding tert-OH is 1. The molecule has 3 atom stereocenters. The van der Waals surface area contributed by atoms with E-state index in [0.29, 0.717) is 0 Å². The zero-order valence-electron chi connectivity index (χ0n) is 9.49. The Morgan fingerprint density at radius 2 is 2.25 bits per heavy atom. The summed E-state index contributed by atoms with van der Waals surface area (Å²) in [5.74, 6) is 0. The van der Waals surface area contributed by atoms with E-state index in [0.717, 1.165) is 24.3 Å². The first-order valence-corrected chi connectivity index (χ1v) is 6.24. The van der Waals surface area contributed by atoms with E-state index in [1.54, 1.807) is 0 Å². The van der Waals surface area contributed by atoms with Crippen molar-refractivity contribution in [3.05, 3.63) is 34.9 Å². The Bertz CT molecular complexity index is 356. The molecule has 0 amide bonds. The summed E-state index contributed by atoms with van der Waals surface area (Å²) in [6, 6.07) is 8.33. The van der Waals surface area contributed by atoms with Crippen LogP contribution < -0.4 is 5.32 Å². The molecule has 2 unspecified atom stereocenters. The molecular formula is C13H18ClNO. The summed E-state index contributed by atoms with van der Waals surface area (Å²) in [6.45, 7) is 2.11. The molecule has 1 aromatic carbocycles. The minimum atomic E-state index is -0.193. The molecule has 0 bridgehead atoms. The first-order valence-electron chi connectivity index (χ1n) is 5.86. The number of halogens is 1. The average Bonchev–Trinajstić information content (AvgIpc) is 2.64. The van der Waals surface area contributed by atoms with Crippen molar-refractivity contribution < 1.29 is 5.11 Å². The van der Waals surface area contributed by atoms with Crippen molar-refractivity contribution in [3.8, 4) is 0 Å². The molecule has 0 saturated heterocycles. The Kier molecular flexibility index (Phi) is 3.85. The quantitative estimate of drug-likeness (QED) is 0.850. The number of nitrogens with one attached hydrogen (secondary N) is 1. The van der Waals surface area contributed by atoms with E-state index in [9.17, 15) is 5.11 Å². The number of hydrogen-bond acceptors (Lipinski definition) is 2. The van der Waals surface area contributed by atoms with Gasteiger partial charge in [0, 0.05) is 17.1 Å². The lowest BCUT2D eigenvalue weighted by Gasteiger charge is -2.22. The molecule has 1 aliphatic rings. The molecule has 0 aromatic heterocycles. The summed E-state index contributed by atoms with van der Waals surface area (Å²) in [4.78, 5) is 0. The van der Waals surface area contributed by atoms with E-state index in [1.165, 1.54) is 5.56 Å². The van der Waals surface area contributed by atoms with Crippen LogP contribution in [0.3, 0.4) is 0 Å². The maximum Gasteiger partial charge on any atom is 0.0693 e. The Balaban J connectivity index is 1.99. The molecular weight excluding hydrogens is 222 g/mol. The van der Waals surface area contributed by atoms with Crippen molar-refractivity contribution in [1.29, 1.82) is 0 Å². The Hall–Kier alpha value is -0.570. The van der Waals surface area contributed by atoms with Crippen molar-refractivity contribution >= 4 is 11.6 Å². The molecule has 2 rings (SSSR count). The Morgan fingerprint density at radius 3 is 2.88 bits per heavy atom. The van der Waals surface area contributed by atoms with Crippen LogP contribution in [0.1, 0.15) is 37.8 Å². The molecule has 1 fully saturated rings. The predicted octanol–water partition coefficient (Wildman–Crippen LogP) is 2.90. The minimum Gasteiger partial charge on any atom is -0.392 e. The van der Waals surface area contributed by atoms with Crippen LogP contribution in [0.25, 0.3) is 0 Å². The maximum atomic E-state index is 9.75. The third kappa shape index (κ3) is 2.76. The fourth-order valence-electron chi connectivity index (χ4n) is 2.33. The number of aliphatic hydroxyl groups is 1. The molecule has 1 aliphatic carbocycles. The van der Waals surface area contributed by atoms with Gasteiger partial charge in [-0.2, -0.15) is 0 Å². The fraction of sp³-hybridized carbons (Fsp3) is 0.538. The van der Waals surface area contributed by atoms with E-state index < -0.39 is 0 Å². The first-order chi connectivity index (χ1) is 7.66. The van der Waals surface area contributed by atoms with E-state index >= 15 is 0 Å². The van der Waals surface area contributed by atoms with Gasteiger partial charge in [-0.15, -0.1) is 0 Å². The lowest BCUT2D eigenvalue weighted by molar-refractivity contribution is 0.144. The van der Waals surface area contributed by atoms with E-state index in [1.807, 2.05) is 18.2 Å². The highest BCUT2D eigenvalue weighted by atomic mass is 35.5. The summed E-state index contributed by atoms with van der Waals surface area (Å²) >= 11 is 5.96. The summed E-state index contributed by atoms with van der Waals surface area (Å²) in [5, 5.41) is 14.0. The predicted molar refractivity (Wildman–Crippen MR) is 66.6 cm³/mol. The van der Waals surface area contributed by atoms with Gasteiger partial charge >= 0.3 is 0 Å². The lowest BCUT2D eigenvalue weighted by atomic mass is 10.1. The topological polar surface area (TPSA) is 32.3 Å². The maximum absolute atomic E-state index is 9.75. The van der Waals surface area contributed by atoms with Crippen LogP contribution in [0, 0.1) is 0 Å². The summed E-state index contributed by atoms with van der Waals surface area (Å²) < 4.78 is 0. The van der Waals surface area contributed by atoms with Gasteiger partial charge in [-0.25, -0.2) is 0 Å². The van der Waals surface area contributed by atoms with Gasteiger partial charge in [0.05, 0.1) is 6.10 Å². The van der Waals surface area contributed by atoms with Gasteiger partial charge in [-0.1, -0.05) is 23.7 Å². The Labute approximate surface area is 102 Å².